The molecule has 0 saturated heterocycles. The van der Waals surface area contributed by atoms with Crippen LogP contribution in [0.15, 0.2) is 58.3 Å². The maximum absolute atomic E-state index is 14.5. The van der Waals surface area contributed by atoms with Gasteiger partial charge in [-0.05, 0) is 121 Å². The first-order chi connectivity index (χ1) is 25.6. The van der Waals surface area contributed by atoms with Gasteiger partial charge in [-0.3, -0.25) is 0 Å². The number of hydrogen-bond donors (Lipinski definition) is 0. The van der Waals surface area contributed by atoms with E-state index < -0.39 is 19.7 Å². The zero-order chi connectivity index (χ0) is 37.8. The van der Waals surface area contributed by atoms with Crippen LogP contribution < -0.4 is 0 Å². The molecule has 0 fully saturated rings. The predicted molar refractivity (Wildman–Crippen MR) is 234 cm³/mol. The maximum Gasteiger partial charge on any atom is 0.209 e. The van der Waals surface area contributed by atoms with E-state index in [9.17, 15) is 16.8 Å². The summed E-state index contributed by atoms with van der Waals surface area (Å²) in [7, 11) is -7.58. The van der Waals surface area contributed by atoms with Gasteiger partial charge >= 0.3 is 0 Å². The second-order valence-electron chi connectivity index (χ2n) is 14.8. The third-order valence-corrected chi connectivity index (χ3v) is 17.9. The molecular weight excluding hydrogens is 753 g/mol. The summed E-state index contributed by atoms with van der Waals surface area (Å²) in [4.78, 5) is 4.43. The van der Waals surface area contributed by atoms with Crippen molar-refractivity contribution >= 4 is 73.3 Å². The molecule has 0 atom stereocenters. The van der Waals surface area contributed by atoms with Crippen LogP contribution in [0.2, 0.25) is 0 Å². The molecule has 3 aromatic heterocycles. The summed E-state index contributed by atoms with van der Waals surface area (Å²) in [6, 6.07) is 7.87. The lowest BCUT2D eigenvalue weighted by atomic mass is 10.0. The maximum atomic E-state index is 14.5. The van der Waals surface area contributed by atoms with Crippen LogP contribution >= 0.6 is 34.0 Å². The van der Waals surface area contributed by atoms with Crippen LogP contribution in [0.5, 0.6) is 0 Å². The number of allylic oxidation sites excluding steroid dienone is 4. The average Bonchev–Trinajstić information content (AvgIpc) is 3.96. The number of hydrogen-bond acceptors (Lipinski definition) is 7. The Morgan fingerprint density at radius 1 is 0.453 bits per heavy atom. The number of thiophene rings is 3. The van der Waals surface area contributed by atoms with E-state index in [1.807, 2.05) is 24.3 Å². The molecule has 0 saturated carbocycles. The fourth-order valence-corrected chi connectivity index (χ4v) is 15.3. The fraction of sp³-hybridized carbons (Fsp3) is 0.545. The van der Waals surface area contributed by atoms with Crippen molar-refractivity contribution in [3.05, 3.63) is 89.0 Å². The van der Waals surface area contributed by atoms with Crippen molar-refractivity contribution in [2.45, 2.75) is 156 Å². The SMILES string of the molecule is CCCCCCC1=C(c2ccc(C3=C(CCCCCC)C=C(c4cc(CCCCCC)cs4)S3(=O)=O)s2)S(=O)(=O)C(c2cc(CCCCCC)cs2)=C1. The highest BCUT2D eigenvalue weighted by atomic mass is 32.2. The summed E-state index contributed by atoms with van der Waals surface area (Å²) in [6.45, 7) is 8.79. The summed E-state index contributed by atoms with van der Waals surface area (Å²) < 4.78 is 58.1. The molecule has 0 aromatic carbocycles. The first-order valence-corrected chi connectivity index (χ1v) is 25.9. The van der Waals surface area contributed by atoms with Crippen molar-refractivity contribution in [2.24, 2.45) is 0 Å². The van der Waals surface area contributed by atoms with Gasteiger partial charge in [-0.15, -0.1) is 34.0 Å². The van der Waals surface area contributed by atoms with Gasteiger partial charge in [-0.2, -0.15) is 0 Å². The Labute approximate surface area is 333 Å². The summed E-state index contributed by atoms with van der Waals surface area (Å²) in [5.41, 5.74) is 4.12. The molecule has 9 heteroatoms. The Bertz CT molecular complexity index is 1870. The minimum Gasteiger partial charge on any atom is -0.218 e. The summed E-state index contributed by atoms with van der Waals surface area (Å²) in [5.74, 6) is 0. The lowest BCUT2D eigenvalue weighted by Crippen LogP contribution is -2.02. The van der Waals surface area contributed by atoms with E-state index in [1.165, 1.54) is 83.7 Å². The number of rotatable bonds is 24. The number of aryl methyl sites for hydroxylation is 2. The smallest absolute Gasteiger partial charge is 0.209 e. The molecule has 0 N–H and O–H groups in total. The van der Waals surface area contributed by atoms with Gasteiger partial charge in [0.05, 0.1) is 19.6 Å². The molecule has 0 bridgehead atoms. The Balaban J connectivity index is 1.46. The number of unbranched alkanes of at least 4 members (excludes halogenated alkanes) is 12. The normalized spacial score (nSPS) is 16.6. The van der Waals surface area contributed by atoms with Gasteiger partial charge in [-0.1, -0.05) is 105 Å². The topological polar surface area (TPSA) is 68.3 Å². The predicted octanol–water partition coefficient (Wildman–Crippen LogP) is 14.4. The molecule has 2 aliphatic rings. The quantitative estimate of drug-likeness (QED) is 0.0845. The van der Waals surface area contributed by atoms with E-state index in [2.05, 4.69) is 50.6 Å². The molecule has 4 nitrogen and oxygen atoms in total. The van der Waals surface area contributed by atoms with Crippen molar-refractivity contribution in [1.29, 1.82) is 0 Å². The number of sulfone groups is 2. The molecule has 5 rings (SSSR count). The highest BCUT2D eigenvalue weighted by molar-refractivity contribution is 8.10. The van der Waals surface area contributed by atoms with Gasteiger partial charge in [0.2, 0.25) is 19.7 Å². The molecule has 0 radical (unpaired) electrons. The lowest BCUT2D eigenvalue weighted by Gasteiger charge is -2.08. The fourth-order valence-electron chi connectivity index (χ4n) is 7.38. The molecule has 0 unspecified atom stereocenters. The second-order valence-corrected chi connectivity index (χ2v) is 21.4. The van der Waals surface area contributed by atoms with E-state index in [1.54, 1.807) is 0 Å². The van der Waals surface area contributed by atoms with Crippen LogP contribution in [-0.2, 0) is 32.5 Å². The molecule has 3 aromatic rings. The zero-order valence-corrected chi connectivity index (χ0v) is 36.5. The van der Waals surface area contributed by atoms with Crippen molar-refractivity contribution in [2.75, 3.05) is 0 Å². The zero-order valence-electron chi connectivity index (χ0n) is 32.4. The Hall–Kier alpha value is -2.04. The third-order valence-electron chi connectivity index (χ3n) is 10.4. The van der Waals surface area contributed by atoms with E-state index in [0.29, 0.717) is 42.2 Å². The molecule has 0 aliphatic carbocycles. The summed E-state index contributed by atoms with van der Waals surface area (Å²) in [5, 5.41) is 4.24. The van der Waals surface area contributed by atoms with Crippen molar-refractivity contribution < 1.29 is 16.8 Å². The Morgan fingerprint density at radius 2 is 0.811 bits per heavy atom. The molecule has 0 amide bonds. The van der Waals surface area contributed by atoms with Gasteiger partial charge in [0.1, 0.15) is 0 Å². The standard InChI is InChI=1S/C44H60O4S5/c1-5-9-13-17-21-33-27-39(49-31-33)41-29-35(23-19-15-11-7-3)43(52(41,45)46)37-25-26-38(51-37)44-36(24-20-16-12-8-4)30-42(53(44,47)48)40-28-34(32-50-40)22-18-14-10-6-2/h25-32H,5-24H2,1-4H3. The first-order valence-electron chi connectivity index (χ1n) is 20.3. The van der Waals surface area contributed by atoms with Crippen LogP contribution in [0.1, 0.15) is 174 Å². The first kappa shape index (κ1) is 42.1. The monoisotopic (exact) mass is 812 g/mol. The van der Waals surface area contributed by atoms with Gasteiger partial charge in [0.15, 0.2) is 0 Å². The van der Waals surface area contributed by atoms with Gasteiger partial charge in [-0.25, -0.2) is 16.8 Å². The van der Waals surface area contributed by atoms with Crippen LogP contribution in [-0.4, -0.2) is 16.8 Å². The van der Waals surface area contributed by atoms with Gasteiger partial charge in [0.25, 0.3) is 0 Å². The van der Waals surface area contributed by atoms with Crippen LogP contribution in [0.4, 0.5) is 0 Å². The van der Waals surface area contributed by atoms with Crippen molar-refractivity contribution in [3.63, 3.8) is 0 Å². The third kappa shape index (κ3) is 10.4. The molecule has 2 aliphatic heterocycles. The highest BCUT2D eigenvalue weighted by Gasteiger charge is 2.39. The van der Waals surface area contributed by atoms with Crippen LogP contribution in [0.3, 0.4) is 0 Å². The van der Waals surface area contributed by atoms with E-state index in [-0.39, 0.29) is 0 Å². The molecular formula is C44H60O4S5. The van der Waals surface area contributed by atoms with E-state index in [4.69, 9.17) is 0 Å². The molecule has 53 heavy (non-hydrogen) atoms. The highest BCUT2D eigenvalue weighted by Crippen LogP contribution is 2.50. The van der Waals surface area contributed by atoms with Gasteiger partial charge in [0, 0.05) is 19.5 Å². The second kappa shape index (κ2) is 20.2. The molecule has 290 valence electrons. The minimum absolute atomic E-state index is 0.373. The van der Waals surface area contributed by atoms with Gasteiger partial charge < -0.3 is 0 Å². The summed E-state index contributed by atoms with van der Waals surface area (Å²) in [6.07, 6.45) is 25.0. The largest absolute Gasteiger partial charge is 0.218 e. The van der Waals surface area contributed by atoms with E-state index >= 15 is 0 Å². The molecule has 0 spiro atoms. The van der Waals surface area contributed by atoms with Crippen LogP contribution in [0, 0.1) is 0 Å². The van der Waals surface area contributed by atoms with Crippen molar-refractivity contribution in [1.82, 2.24) is 0 Å². The minimum atomic E-state index is -3.79. The Morgan fingerprint density at radius 3 is 1.17 bits per heavy atom. The van der Waals surface area contributed by atoms with Crippen molar-refractivity contribution in [3.8, 4) is 0 Å². The lowest BCUT2D eigenvalue weighted by molar-refractivity contribution is 0.613. The summed E-state index contributed by atoms with van der Waals surface area (Å²) >= 11 is 4.38. The Kier molecular flexibility index (Phi) is 16.1. The van der Waals surface area contributed by atoms with E-state index in [0.717, 1.165) is 98.0 Å². The molecule has 5 heterocycles. The van der Waals surface area contributed by atoms with Crippen LogP contribution in [0.25, 0.3) is 19.6 Å². The average molecular weight is 813 g/mol.